The lowest BCUT2D eigenvalue weighted by atomic mass is 9.87. The molecule has 212 valence electrons. The number of aromatic nitrogens is 1. The molecule has 0 bridgehead atoms. The van der Waals surface area contributed by atoms with Gasteiger partial charge in [-0.2, -0.15) is 0 Å². The van der Waals surface area contributed by atoms with E-state index in [0.717, 1.165) is 42.9 Å². The highest BCUT2D eigenvalue weighted by molar-refractivity contribution is 7.89. The number of pyridine rings is 1. The summed E-state index contributed by atoms with van der Waals surface area (Å²) in [6.07, 6.45) is 3.76. The predicted octanol–water partition coefficient (Wildman–Crippen LogP) is 2.69. The van der Waals surface area contributed by atoms with Crippen LogP contribution < -0.4 is 21.1 Å². The Morgan fingerprint density at radius 2 is 1.70 bits per heavy atom. The first kappa shape index (κ1) is 29.2. The number of hydrogen-bond acceptors (Lipinski definition) is 7. The summed E-state index contributed by atoms with van der Waals surface area (Å²) < 4.78 is 23.4. The number of rotatable bonds is 9. The van der Waals surface area contributed by atoms with E-state index in [9.17, 15) is 23.1 Å². The van der Waals surface area contributed by atoms with E-state index in [4.69, 9.17) is 10.9 Å². The van der Waals surface area contributed by atoms with Crippen molar-refractivity contribution in [2.45, 2.75) is 50.1 Å². The Morgan fingerprint density at radius 1 is 1.07 bits per heavy atom. The molecular weight excluding hydrogens is 530 g/mol. The Morgan fingerprint density at radius 3 is 2.23 bits per heavy atom. The van der Waals surface area contributed by atoms with Gasteiger partial charge in [0.1, 0.15) is 6.04 Å². The van der Waals surface area contributed by atoms with Crippen LogP contribution in [0.2, 0.25) is 0 Å². The topological polar surface area (TPSA) is 169 Å². The number of nitrogens with zero attached hydrogens (tertiary/aromatic N) is 2. The second-order valence-corrected chi connectivity index (χ2v) is 11.9. The van der Waals surface area contributed by atoms with Crippen LogP contribution in [-0.4, -0.2) is 49.5 Å². The summed E-state index contributed by atoms with van der Waals surface area (Å²) in [4.78, 5) is 31.6. The van der Waals surface area contributed by atoms with Gasteiger partial charge in [0, 0.05) is 43.0 Å². The number of carbonyl (C=O) groups excluding carboxylic acids is 1. The summed E-state index contributed by atoms with van der Waals surface area (Å²) in [6.45, 7) is 4.89. The van der Waals surface area contributed by atoms with Crippen molar-refractivity contribution in [3.8, 4) is 0 Å². The number of piperidine rings is 1. The summed E-state index contributed by atoms with van der Waals surface area (Å²) in [5.74, 6) is -1.40. The zero-order chi connectivity index (χ0) is 29.0. The average Bonchev–Trinajstić information content (AvgIpc) is 2.92. The molecule has 40 heavy (non-hydrogen) atoms. The molecule has 0 spiro atoms. The number of carboxylic acid groups (broad SMARTS) is 1. The van der Waals surface area contributed by atoms with Crippen molar-refractivity contribution in [1.29, 1.82) is 0 Å². The van der Waals surface area contributed by atoms with Gasteiger partial charge in [-0.1, -0.05) is 18.2 Å². The smallest absolute Gasteiger partial charge is 0.326 e. The van der Waals surface area contributed by atoms with Crippen molar-refractivity contribution in [1.82, 2.24) is 10.3 Å². The zero-order valence-electron chi connectivity index (χ0n) is 22.6. The number of carbonyl (C=O) groups is 2. The van der Waals surface area contributed by atoms with Gasteiger partial charge in [0.05, 0.1) is 10.6 Å². The van der Waals surface area contributed by atoms with Crippen LogP contribution in [0.4, 0.5) is 5.69 Å². The normalized spacial score (nSPS) is 15.8. The van der Waals surface area contributed by atoms with E-state index in [-0.39, 0.29) is 22.9 Å². The van der Waals surface area contributed by atoms with Gasteiger partial charge in [-0.3, -0.25) is 9.78 Å². The molecule has 1 amide bonds. The standard InChI is InChI=1S/C29H35N5O5S/c1-18-15-23(40(31,38)39)16-19(2)26(18)28(35)33-25(29(36)37)17-20-6-8-22(9-7-20)34-13-10-21(11-14-34)27(30)24-5-3-4-12-32-24/h3-9,12,15-16,21,25,27H,10-11,13-14,17,30H2,1-2H3,(H,33,35)(H,36,37)(H2,31,38,39). The van der Waals surface area contributed by atoms with Gasteiger partial charge in [-0.25, -0.2) is 18.4 Å². The van der Waals surface area contributed by atoms with Crippen molar-refractivity contribution < 1.29 is 23.1 Å². The lowest BCUT2D eigenvalue weighted by molar-refractivity contribution is -0.139. The Balaban J connectivity index is 1.38. The van der Waals surface area contributed by atoms with E-state index in [2.05, 4.69) is 15.2 Å². The van der Waals surface area contributed by atoms with Crippen molar-refractivity contribution in [2.75, 3.05) is 18.0 Å². The minimum Gasteiger partial charge on any atom is -0.480 e. The molecule has 4 rings (SSSR count). The SMILES string of the molecule is Cc1cc(S(N)(=O)=O)cc(C)c1C(=O)NC(Cc1ccc(N2CCC(C(N)c3ccccn3)CC2)cc1)C(=O)O. The summed E-state index contributed by atoms with van der Waals surface area (Å²) in [6, 6.07) is 14.8. The Hall–Kier alpha value is -3.80. The molecule has 0 saturated carbocycles. The number of sulfonamides is 1. The highest BCUT2D eigenvalue weighted by Crippen LogP contribution is 2.30. The fourth-order valence-electron chi connectivity index (χ4n) is 5.29. The molecule has 1 fully saturated rings. The summed E-state index contributed by atoms with van der Waals surface area (Å²) in [5.41, 5.74) is 10.2. The maximum Gasteiger partial charge on any atom is 0.326 e. The second kappa shape index (κ2) is 12.2. The Labute approximate surface area is 234 Å². The van der Waals surface area contributed by atoms with Gasteiger partial charge in [-0.05, 0) is 85.7 Å². The highest BCUT2D eigenvalue weighted by Gasteiger charge is 2.27. The number of anilines is 1. The van der Waals surface area contributed by atoms with Gasteiger partial charge in [0.15, 0.2) is 0 Å². The van der Waals surface area contributed by atoms with E-state index >= 15 is 0 Å². The van der Waals surface area contributed by atoms with Gasteiger partial charge in [0.2, 0.25) is 10.0 Å². The predicted molar refractivity (Wildman–Crippen MR) is 152 cm³/mol. The van der Waals surface area contributed by atoms with E-state index in [1.54, 1.807) is 20.0 Å². The number of primary sulfonamides is 1. The molecule has 2 unspecified atom stereocenters. The number of benzene rings is 2. The van der Waals surface area contributed by atoms with Crippen LogP contribution in [0.15, 0.2) is 65.7 Å². The molecule has 1 saturated heterocycles. The maximum absolute atomic E-state index is 13.0. The molecule has 3 aromatic rings. The Kier molecular flexibility index (Phi) is 8.87. The number of carboxylic acids is 1. The van der Waals surface area contributed by atoms with Crippen LogP contribution in [0.3, 0.4) is 0 Å². The third-order valence-corrected chi connectivity index (χ3v) is 8.38. The third kappa shape index (κ3) is 6.85. The van der Waals surface area contributed by atoms with Gasteiger partial charge in [0.25, 0.3) is 5.91 Å². The largest absolute Gasteiger partial charge is 0.480 e. The monoisotopic (exact) mass is 565 g/mol. The number of aryl methyl sites for hydroxylation is 2. The number of nitrogens with one attached hydrogen (secondary N) is 1. The maximum atomic E-state index is 13.0. The molecule has 1 aromatic heterocycles. The first-order valence-electron chi connectivity index (χ1n) is 13.1. The van der Waals surface area contributed by atoms with Crippen LogP contribution >= 0.6 is 0 Å². The number of hydrogen-bond donors (Lipinski definition) is 4. The second-order valence-electron chi connectivity index (χ2n) is 10.3. The molecular formula is C29H35N5O5S. The lowest BCUT2D eigenvalue weighted by Crippen LogP contribution is -2.42. The number of nitrogens with two attached hydrogens (primary N) is 2. The fourth-order valence-corrected chi connectivity index (χ4v) is 5.97. The molecule has 1 aliphatic heterocycles. The van der Waals surface area contributed by atoms with Crippen molar-refractivity contribution in [3.63, 3.8) is 0 Å². The van der Waals surface area contributed by atoms with E-state index in [0.29, 0.717) is 17.0 Å². The quantitative estimate of drug-likeness (QED) is 0.307. The fraction of sp³-hybridized carbons (Fsp3) is 0.345. The van der Waals surface area contributed by atoms with Gasteiger partial charge in [-0.15, -0.1) is 0 Å². The molecule has 0 radical (unpaired) electrons. The first-order chi connectivity index (χ1) is 18.9. The van der Waals surface area contributed by atoms with Gasteiger partial charge >= 0.3 is 5.97 Å². The molecule has 2 heterocycles. The zero-order valence-corrected chi connectivity index (χ0v) is 23.4. The Bertz CT molecular complexity index is 1450. The van der Waals surface area contributed by atoms with E-state index in [1.165, 1.54) is 12.1 Å². The minimum absolute atomic E-state index is 0.0897. The summed E-state index contributed by atoms with van der Waals surface area (Å²) >= 11 is 0. The molecule has 6 N–H and O–H groups in total. The van der Waals surface area contributed by atoms with Gasteiger partial charge < -0.3 is 21.1 Å². The summed E-state index contributed by atoms with van der Waals surface area (Å²) in [7, 11) is -3.93. The van der Waals surface area contributed by atoms with E-state index in [1.807, 2.05) is 42.5 Å². The lowest BCUT2D eigenvalue weighted by Gasteiger charge is -2.36. The third-order valence-electron chi connectivity index (χ3n) is 7.48. The van der Waals surface area contributed by atoms with E-state index < -0.39 is 27.9 Å². The molecule has 11 heteroatoms. The van der Waals surface area contributed by atoms with Crippen molar-refractivity contribution >= 4 is 27.6 Å². The van der Waals surface area contributed by atoms with Crippen molar-refractivity contribution in [3.05, 3.63) is 88.7 Å². The molecule has 10 nitrogen and oxygen atoms in total. The number of aliphatic carboxylic acids is 1. The summed E-state index contributed by atoms with van der Waals surface area (Å²) in [5, 5.41) is 17.6. The van der Waals surface area contributed by atoms with Crippen LogP contribution in [-0.2, 0) is 21.2 Å². The van der Waals surface area contributed by atoms with Crippen LogP contribution in [0.1, 0.15) is 51.6 Å². The average molecular weight is 566 g/mol. The minimum atomic E-state index is -3.93. The molecule has 0 aliphatic carbocycles. The first-order valence-corrected chi connectivity index (χ1v) is 14.7. The highest BCUT2D eigenvalue weighted by atomic mass is 32.2. The number of amides is 1. The molecule has 2 atom stereocenters. The molecule has 1 aliphatic rings. The van der Waals surface area contributed by atoms with Crippen LogP contribution in [0, 0.1) is 19.8 Å². The van der Waals surface area contributed by atoms with Crippen LogP contribution in [0.25, 0.3) is 0 Å². The van der Waals surface area contributed by atoms with Crippen LogP contribution in [0.5, 0.6) is 0 Å². The molecule has 2 aromatic carbocycles. The van der Waals surface area contributed by atoms with Crippen molar-refractivity contribution in [2.24, 2.45) is 16.8 Å².